The van der Waals surface area contributed by atoms with E-state index in [9.17, 15) is 8.78 Å². The van der Waals surface area contributed by atoms with Crippen molar-refractivity contribution >= 4 is 17.5 Å². The average molecular weight is 266 g/mol. The van der Waals surface area contributed by atoms with Crippen LogP contribution in [-0.2, 0) is 0 Å². The van der Waals surface area contributed by atoms with Crippen molar-refractivity contribution in [3.63, 3.8) is 0 Å². The molecule has 0 spiro atoms. The molecule has 1 aromatic heterocycles. The van der Waals surface area contributed by atoms with Gasteiger partial charge in [0.2, 0.25) is 5.95 Å². The first-order chi connectivity index (χ1) is 9.10. The minimum atomic E-state index is -0.677. The Morgan fingerprint density at radius 1 is 1.32 bits per heavy atom. The summed E-state index contributed by atoms with van der Waals surface area (Å²) in [4.78, 5) is 7.18. The van der Waals surface area contributed by atoms with Gasteiger partial charge in [0.1, 0.15) is 0 Å². The van der Waals surface area contributed by atoms with Gasteiger partial charge in [-0.15, -0.1) is 0 Å². The number of ether oxygens (including phenoxy) is 1. The molecule has 1 heterocycles. The molecule has 19 heavy (non-hydrogen) atoms. The lowest BCUT2D eigenvalue weighted by Gasteiger charge is -2.09. The topological polar surface area (TPSA) is 73.1 Å². The van der Waals surface area contributed by atoms with Crippen molar-refractivity contribution in [3.05, 3.63) is 36.0 Å². The van der Waals surface area contributed by atoms with Crippen LogP contribution in [0, 0.1) is 11.6 Å². The molecule has 5 nitrogen and oxygen atoms in total. The Labute approximate surface area is 108 Å². The number of nitrogens with zero attached hydrogens (tertiary/aromatic N) is 2. The van der Waals surface area contributed by atoms with E-state index in [-0.39, 0.29) is 17.5 Å². The second-order valence-corrected chi connectivity index (χ2v) is 3.63. The van der Waals surface area contributed by atoms with E-state index in [0.29, 0.717) is 12.3 Å². The molecule has 7 heteroatoms. The molecule has 0 radical (unpaired) electrons. The summed E-state index contributed by atoms with van der Waals surface area (Å²) in [5.41, 5.74) is 5.68. The third kappa shape index (κ3) is 3.06. The van der Waals surface area contributed by atoms with Gasteiger partial charge in [-0.25, -0.2) is 13.8 Å². The quantitative estimate of drug-likeness (QED) is 0.889. The first-order valence-corrected chi connectivity index (χ1v) is 5.57. The van der Waals surface area contributed by atoms with Gasteiger partial charge in [-0.05, 0) is 19.1 Å². The van der Waals surface area contributed by atoms with Crippen LogP contribution in [-0.4, -0.2) is 16.6 Å². The highest BCUT2D eigenvalue weighted by atomic mass is 19.1. The van der Waals surface area contributed by atoms with Crippen LogP contribution in [0.5, 0.6) is 5.75 Å². The fourth-order valence-corrected chi connectivity index (χ4v) is 1.46. The SMILES string of the molecule is CCOc1ccc(Nc2nc(N)ncc2F)cc1F. The monoisotopic (exact) mass is 266 g/mol. The molecule has 3 N–H and O–H groups in total. The first-order valence-electron chi connectivity index (χ1n) is 5.57. The standard InChI is InChI=1S/C12H12F2N4O/c1-2-19-10-4-3-7(5-8(10)13)17-11-9(14)6-16-12(15)18-11/h3-6H,2H2,1H3,(H3,15,16,17,18). The zero-order valence-corrected chi connectivity index (χ0v) is 10.2. The maximum atomic E-state index is 13.6. The highest BCUT2D eigenvalue weighted by molar-refractivity contribution is 5.58. The van der Waals surface area contributed by atoms with Gasteiger partial charge in [-0.3, -0.25) is 0 Å². The van der Waals surface area contributed by atoms with E-state index >= 15 is 0 Å². The number of anilines is 3. The number of rotatable bonds is 4. The number of hydrogen-bond donors (Lipinski definition) is 2. The summed E-state index contributed by atoms with van der Waals surface area (Å²) in [6, 6.07) is 4.18. The largest absolute Gasteiger partial charge is 0.491 e. The van der Waals surface area contributed by atoms with Gasteiger partial charge in [0, 0.05) is 11.8 Å². The molecule has 0 bridgehead atoms. The molecule has 0 saturated heterocycles. The summed E-state index contributed by atoms with van der Waals surface area (Å²) >= 11 is 0. The number of nitrogens with one attached hydrogen (secondary N) is 1. The molecule has 0 fully saturated rings. The Bertz CT molecular complexity index is 592. The zero-order valence-electron chi connectivity index (χ0n) is 10.2. The van der Waals surface area contributed by atoms with Crippen LogP contribution in [0.3, 0.4) is 0 Å². The van der Waals surface area contributed by atoms with Gasteiger partial charge in [-0.1, -0.05) is 0 Å². The molecule has 0 amide bonds. The zero-order chi connectivity index (χ0) is 13.8. The van der Waals surface area contributed by atoms with E-state index < -0.39 is 11.6 Å². The Hall–Kier alpha value is -2.44. The minimum absolute atomic E-state index is 0.0738. The molecular weight excluding hydrogens is 254 g/mol. The van der Waals surface area contributed by atoms with Crippen molar-refractivity contribution in [2.75, 3.05) is 17.7 Å². The van der Waals surface area contributed by atoms with E-state index in [1.807, 2.05) is 0 Å². The van der Waals surface area contributed by atoms with Crippen LogP contribution < -0.4 is 15.8 Å². The van der Waals surface area contributed by atoms with Crippen molar-refractivity contribution in [1.82, 2.24) is 9.97 Å². The molecule has 2 aromatic rings. The number of nitrogens with two attached hydrogens (primary N) is 1. The molecule has 1 aromatic carbocycles. The molecule has 0 atom stereocenters. The molecule has 2 rings (SSSR count). The Balaban J connectivity index is 2.24. The lowest BCUT2D eigenvalue weighted by molar-refractivity contribution is 0.321. The molecule has 0 unspecified atom stereocenters. The van der Waals surface area contributed by atoms with Crippen LogP contribution in [0.25, 0.3) is 0 Å². The van der Waals surface area contributed by atoms with Crippen molar-refractivity contribution in [3.8, 4) is 5.75 Å². The van der Waals surface area contributed by atoms with E-state index in [4.69, 9.17) is 10.5 Å². The molecule has 0 aliphatic rings. The second-order valence-electron chi connectivity index (χ2n) is 3.63. The number of halogens is 2. The maximum absolute atomic E-state index is 13.6. The van der Waals surface area contributed by atoms with Gasteiger partial charge in [0.25, 0.3) is 0 Å². The van der Waals surface area contributed by atoms with Crippen molar-refractivity contribution in [2.45, 2.75) is 6.92 Å². The van der Waals surface area contributed by atoms with Gasteiger partial charge < -0.3 is 15.8 Å². The lowest BCUT2D eigenvalue weighted by Crippen LogP contribution is -2.03. The van der Waals surface area contributed by atoms with Crippen molar-refractivity contribution < 1.29 is 13.5 Å². The van der Waals surface area contributed by atoms with Crippen molar-refractivity contribution in [1.29, 1.82) is 0 Å². The summed E-state index contributed by atoms with van der Waals surface area (Å²) in [6.07, 6.45) is 0.940. The Morgan fingerprint density at radius 3 is 2.79 bits per heavy atom. The minimum Gasteiger partial charge on any atom is -0.491 e. The predicted molar refractivity (Wildman–Crippen MR) is 67.3 cm³/mol. The van der Waals surface area contributed by atoms with Crippen LogP contribution >= 0.6 is 0 Å². The molecule has 0 saturated carbocycles. The summed E-state index contributed by atoms with van der Waals surface area (Å²) in [5, 5.41) is 2.62. The van der Waals surface area contributed by atoms with Gasteiger partial charge in [0.15, 0.2) is 23.2 Å². The fraction of sp³-hybridized carbons (Fsp3) is 0.167. The van der Waals surface area contributed by atoms with Crippen LogP contribution in [0.15, 0.2) is 24.4 Å². The number of hydrogen-bond acceptors (Lipinski definition) is 5. The van der Waals surface area contributed by atoms with Crippen molar-refractivity contribution in [2.24, 2.45) is 0 Å². The number of nitrogen functional groups attached to an aromatic ring is 1. The third-order valence-corrected chi connectivity index (χ3v) is 2.26. The Morgan fingerprint density at radius 2 is 2.11 bits per heavy atom. The first kappa shape index (κ1) is 13.0. The fourth-order valence-electron chi connectivity index (χ4n) is 1.46. The number of aromatic nitrogens is 2. The second kappa shape index (κ2) is 5.47. The molecule has 100 valence electrons. The van der Waals surface area contributed by atoms with Crippen LogP contribution in [0.4, 0.5) is 26.2 Å². The van der Waals surface area contributed by atoms with E-state index in [0.717, 1.165) is 6.20 Å². The molecular formula is C12H12F2N4O. The third-order valence-electron chi connectivity index (χ3n) is 2.26. The molecule has 0 aliphatic carbocycles. The summed E-state index contributed by atoms with van der Waals surface area (Å²) in [7, 11) is 0. The van der Waals surface area contributed by atoms with E-state index in [1.165, 1.54) is 12.1 Å². The Kier molecular flexibility index (Phi) is 3.74. The predicted octanol–water partition coefficient (Wildman–Crippen LogP) is 2.48. The molecule has 0 aliphatic heterocycles. The maximum Gasteiger partial charge on any atom is 0.222 e. The summed E-state index contributed by atoms with van der Waals surface area (Å²) < 4.78 is 32.1. The van der Waals surface area contributed by atoms with Gasteiger partial charge in [0.05, 0.1) is 12.8 Å². The van der Waals surface area contributed by atoms with Gasteiger partial charge >= 0.3 is 0 Å². The highest BCUT2D eigenvalue weighted by Gasteiger charge is 2.08. The summed E-state index contributed by atoms with van der Waals surface area (Å²) in [6.45, 7) is 2.12. The smallest absolute Gasteiger partial charge is 0.222 e. The van der Waals surface area contributed by atoms with Crippen LogP contribution in [0.2, 0.25) is 0 Å². The normalized spacial score (nSPS) is 10.3. The number of benzene rings is 1. The summed E-state index contributed by atoms with van der Waals surface area (Å²) in [5.74, 6) is -1.28. The highest BCUT2D eigenvalue weighted by Crippen LogP contribution is 2.24. The average Bonchev–Trinajstić information content (AvgIpc) is 2.37. The lowest BCUT2D eigenvalue weighted by atomic mass is 10.3. The van der Waals surface area contributed by atoms with E-state index in [1.54, 1.807) is 13.0 Å². The van der Waals surface area contributed by atoms with Gasteiger partial charge in [-0.2, -0.15) is 4.98 Å². The van der Waals surface area contributed by atoms with E-state index in [2.05, 4.69) is 15.3 Å². The van der Waals surface area contributed by atoms with Crippen LogP contribution in [0.1, 0.15) is 6.92 Å².